The van der Waals surface area contributed by atoms with Gasteiger partial charge in [-0.05, 0) is 23.6 Å². The van der Waals surface area contributed by atoms with Crippen molar-refractivity contribution in [2.75, 3.05) is 14.2 Å². The zero-order valence-electron chi connectivity index (χ0n) is 10.9. The van der Waals surface area contributed by atoms with Gasteiger partial charge >= 0.3 is 0 Å². The van der Waals surface area contributed by atoms with Gasteiger partial charge in [0.2, 0.25) is 0 Å². The highest BCUT2D eigenvalue weighted by atomic mass is 16.7. The molecule has 0 aromatic heterocycles. The van der Waals surface area contributed by atoms with Gasteiger partial charge in [0.15, 0.2) is 0 Å². The Morgan fingerprint density at radius 2 is 1.94 bits per heavy atom. The molecule has 0 aliphatic rings. The van der Waals surface area contributed by atoms with Crippen LogP contribution in [0.5, 0.6) is 5.75 Å². The molecular formula is C13H19NO3. The number of phenolic OH excluding ortho intramolecular Hbond substituents is 1. The largest absolute Gasteiger partial charge is 0.508 e. The van der Waals surface area contributed by atoms with Crippen molar-refractivity contribution in [2.45, 2.75) is 26.2 Å². The molecule has 0 saturated carbocycles. The molecule has 0 fully saturated rings. The number of benzene rings is 1. The average molecular weight is 237 g/mol. The number of hydrogen-bond acceptors (Lipinski definition) is 3. The summed E-state index contributed by atoms with van der Waals surface area (Å²) in [5.74, 6) is -0.0351. The van der Waals surface area contributed by atoms with Crippen LogP contribution < -0.4 is 0 Å². The van der Waals surface area contributed by atoms with Crippen molar-refractivity contribution < 1.29 is 14.7 Å². The maximum Gasteiger partial charge on any atom is 0.277 e. The van der Waals surface area contributed by atoms with E-state index in [2.05, 4.69) is 0 Å². The number of nitrogens with zero attached hydrogens (tertiary/aromatic N) is 1. The van der Waals surface area contributed by atoms with Crippen molar-refractivity contribution in [3.05, 3.63) is 29.3 Å². The molecule has 1 rings (SSSR count). The molecule has 0 bridgehead atoms. The summed E-state index contributed by atoms with van der Waals surface area (Å²) in [6.45, 7) is 5.95. The van der Waals surface area contributed by atoms with Gasteiger partial charge in [0.05, 0.1) is 7.11 Å². The number of rotatable bonds is 2. The third-order valence-electron chi connectivity index (χ3n) is 2.61. The Bertz CT molecular complexity index is 421. The van der Waals surface area contributed by atoms with Gasteiger partial charge in [0, 0.05) is 18.2 Å². The molecule has 0 spiro atoms. The summed E-state index contributed by atoms with van der Waals surface area (Å²) in [6.07, 6.45) is 0. The summed E-state index contributed by atoms with van der Waals surface area (Å²) < 4.78 is 0. The summed E-state index contributed by atoms with van der Waals surface area (Å²) in [7, 11) is 2.98. The molecule has 1 aromatic rings. The lowest BCUT2D eigenvalue weighted by Crippen LogP contribution is -2.25. The Morgan fingerprint density at radius 3 is 2.41 bits per heavy atom. The number of hydroxylamine groups is 2. The summed E-state index contributed by atoms with van der Waals surface area (Å²) in [6, 6.07) is 4.83. The number of amides is 1. The SMILES string of the molecule is CON(C)C(=O)c1ccc(O)c(C(C)(C)C)c1. The molecule has 0 aliphatic heterocycles. The minimum absolute atomic E-state index is 0.203. The van der Waals surface area contributed by atoms with Gasteiger partial charge in [0.1, 0.15) is 5.75 Å². The Hall–Kier alpha value is -1.55. The van der Waals surface area contributed by atoms with E-state index in [9.17, 15) is 9.90 Å². The molecule has 94 valence electrons. The van der Waals surface area contributed by atoms with Crippen LogP contribution in [-0.2, 0) is 10.3 Å². The predicted molar refractivity (Wildman–Crippen MR) is 65.9 cm³/mol. The van der Waals surface area contributed by atoms with Crippen LogP contribution in [0.25, 0.3) is 0 Å². The fraction of sp³-hybridized carbons (Fsp3) is 0.462. The number of carbonyl (C=O) groups excluding carboxylic acids is 1. The van der Waals surface area contributed by atoms with E-state index in [4.69, 9.17) is 4.84 Å². The molecule has 0 saturated heterocycles. The molecular weight excluding hydrogens is 218 g/mol. The lowest BCUT2D eigenvalue weighted by atomic mass is 9.85. The number of aromatic hydroxyl groups is 1. The summed E-state index contributed by atoms with van der Waals surface area (Å²) >= 11 is 0. The third-order valence-corrected chi connectivity index (χ3v) is 2.61. The van der Waals surface area contributed by atoms with E-state index in [1.807, 2.05) is 20.8 Å². The molecule has 0 atom stereocenters. The maximum absolute atomic E-state index is 11.9. The quantitative estimate of drug-likeness (QED) is 0.803. The van der Waals surface area contributed by atoms with Gasteiger partial charge < -0.3 is 5.11 Å². The van der Waals surface area contributed by atoms with Gasteiger partial charge in [-0.3, -0.25) is 9.63 Å². The summed E-state index contributed by atoms with van der Waals surface area (Å²) in [4.78, 5) is 16.7. The Labute approximate surface area is 102 Å². The topological polar surface area (TPSA) is 49.8 Å². The molecule has 4 heteroatoms. The highest BCUT2D eigenvalue weighted by Crippen LogP contribution is 2.31. The molecule has 0 heterocycles. The normalized spacial score (nSPS) is 11.4. The van der Waals surface area contributed by atoms with Gasteiger partial charge in [-0.25, -0.2) is 5.06 Å². The van der Waals surface area contributed by atoms with Crippen molar-refractivity contribution in [3.8, 4) is 5.75 Å². The number of carbonyl (C=O) groups is 1. The highest BCUT2D eigenvalue weighted by molar-refractivity contribution is 5.93. The van der Waals surface area contributed by atoms with Crippen molar-refractivity contribution in [3.63, 3.8) is 0 Å². The second kappa shape index (κ2) is 4.75. The first-order valence-electron chi connectivity index (χ1n) is 5.43. The Morgan fingerprint density at radius 1 is 1.35 bits per heavy atom. The van der Waals surface area contributed by atoms with Crippen LogP contribution in [0.4, 0.5) is 0 Å². The lowest BCUT2D eigenvalue weighted by molar-refractivity contribution is -0.0757. The van der Waals surface area contributed by atoms with E-state index >= 15 is 0 Å². The van der Waals surface area contributed by atoms with E-state index < -0.39 is 0 Å². The number of hydrogen-bond donors (Lipinski definition) is 1. The van der Waals surface area contributed by atoms with Gasteiger partial charge in [-0.1, -0.05) is 20.8 Å². The predicted octanol–water partition coefficient (Wildman–Crippen LogP) is 2.32. The van der Waals surface area contributed by atoms with E-state index in [1.54, 1.807) is 19.2 Å². The molecule has 4 nitrogen and oxygen atoms in total. The van der Waals surface area contributed by atoms with Crippen LogP contribution in [0, 0.1) is 0 Å². The lowest BCUT2D eigenvalue weighted by Gasteiger charge is -2.22. The fourth-order valence-electron chi connectivity index (χ4n) is 1.53. The summed E-state index contributed by atoms with van der Waals surface area (Å²) in [5, 5.41) is 10.9. The monoisotopic (exact) mass is 237 g/mol. The van der Waals surface area contributed by atoms with Crippen molar-refractivity contribution in [2.24, 2.45) is 0 Å². The first kappa shape index (κ1) is 13.5. The van der Waals surface area contributed by atoms with Crippen molar-refractivity contribution in [1.29, 1.82) is 0 Å². The van der Waals surface area contributed by atoms with Crippen LogP contribution >= 0.6 is 0 Å². The van der Waals surface area contributed by atoms with E-state index in [1.165, 1.54) is 13.2 Å². The van der Waals surface area contributed by atoms with Crippen LogP contribution in [0.3, 0.4) is 0 Å². The van der Waals surface area contributed by atoms with Crippen LogP contribution in [0.15, 0.2) is 18.2 Å². The molecule has 17 heavy (non-hydrogen) atoms. The zero-order valence-corrected chi connectivity index (χ0v) is 10.9. The van der Waals surface area contributed by atoms with E-state index in [0.717, 1.165) is 10.6 Å². The standard InChI is InChI=1S/C13H19NO3/c1-13(2,3)10-8-9(6-7-11(10)15)12(16)14(4)17-5/h6-8,15H,1-5H3. The average Bonchev–Trinajstić information content (AvgIpc) is 2.26. The minimum atomic E-state index is -0.238. The van der Waals surface area contributed by atoms with Crippen molar-refractivity contribution >= 4 is 5.91 Å². The zero-order chi connectivity index (χ0) is 13.2. The Kier molecular flexibility index (Phi) is 3.78. The Balaban J connectivity index is 3.18. The minimum Gasteiger partial charge on any atom is -0.508 e. The van der Waals surface area contributed by atoms with Gasteiger partial charge in [-0.15, -0.1) is 0 Å². The molecule has 1 aromatic carbocycles. The molecule has 0 radical (unpaired) electrons. The second-order valence-electron chi connectivity index (χ2n) is 4.97. The van der Waals surface area contributed by atoms with E-state index in [0.29, 0.717) is 5.56 Å². The van der Waals surface area contributed by atoms with E-state index in [-0.39, 0.29) is 17.1 Å². The smallest absolute Gasteiger partial charge is 0.277 e. The second-order valence-corrected chi connectivity index (χ2v) is 4.97. The van der Waals surface area contributed by atoms with Crippen molar-refractivity contribution in [1.82, 2.24) is 5.06 Å². The number of phenols is 1. The maximum atomic E-state index is 11.9. The molecule has 0 aliphatic carbocycles. The first-order valence-corrected chi connectivity index (χ1v) is 5.43. The van der Waals surface area contributed by atoms with Crippen LogP contribution in [0.1, 0.15) is 36.7 Å². The van der Waals surface area contributed by atoms with Gasteiger partial charge in [0.25, 0.3) is 5.91 Å². The van der Waals surface area contributed by atoms with Crippen LogP contribution in [-0.4, -0.2) is 30.2 Å². The van der Waals surface area contributed by atoms with Crippen LogP contribution in [0.2, 0.25) is 0 Å². The molecule has 1 amide bonds. The van der Waals surface area contributed by atoms with Gasteiger partial charge in [-0.2, -0.15) is 0 Å². The third kappa shape index (κ3) is 2.97. The first-order chi connectivity index (χ1) is 7.77. The molecule has 1 N–H and O–H groups in total. The molecule has 0 unspecified atom stereocenters. The summed E-state index contributed by atoms with van der Waals surface area (Å²) in [5.41, 5.74) is 1.02. The fourth-order valence-corrected chi connectivity index (χ4v) is 1.53. The highest BCUT2D eigenvalue weighted by Gasteiger charge is 2.21.